The van der Waals surface area contributed by atoms with Crippen LogP contribution in [0.4, 0.5) is 0 Å². The van der Waals surface area contributed by atoms with Gasteiger partial charge in [-0.25, -0.2) is 8.42 Å². The Hall–Kier alpha value is 0.0900. The van der Waals surface area contributed by atoms with E-state index in [4.69, 9.17) is 0 Å². The first-order valence-electron chi connectivity index (χ1n) is 4.62. The molecule has 0 spiro atoms. The van der Waals surface area contributed by atoms with E-state index in [0.717, 1.165) is 11.1 Å². The van der Waals surface area contributed by atoms with Crippen molar-refractivity contribution in [2.45, 2.75) is 24.7 Å². The van der Waals surface area contributed by atoms with Crippen molar-refractivity contribution in [2.24, 2.45) is 0 Å². The summed E-state index contributed by atoms with van der Waals surface area (Å²) >= 11 is 0. The van der Waals surface area contributed by atoms with E-state index < -0.39 is 15.1 Å². The van der Waals surface area contributed by atoms with Gasteiger partial charge in [0.05, 0.1) is 0 Å². The molecule has 4 nitrogen and oxygen atoms in total. The number of aryl methyl sites for hydroxylation is 2. The van der Waals surface area contributed by atoms with Crippen molar-refractivity contribution in [3.05, 3.63) is 34.9 Å². The molecule has 0 amide bonds. The summed E-state index contributed by atoms with van der Waals surface area (Å²) < 4.78 is 33.1. The Morgan fingerprint density at radius 1 is 1.44 bits per heavy atom. The summed E-state index contributed by atoms with van der Waals surface area (Å²) in [5, 5.41) is 9.90. The van der Waals surface area contributed by atoms with Gasteiger partial charge >= 0.3 is 29.6 Å². The van der Waals surface area contributed by atoms with Crippen LogP contribution in [0.15, 0.2) is 18.2 Å². The monoisotopic (exact) mass is 250 g/mol. The molecule has 0 aromatic heterocycles. The second-order valence-corrected chi connectivity index (χ2v) is 5.48. The molecular formula is C10H11NaO4S. The fourth-order valence-electron chi connectivity index (χ4n) is 1.97. The minimum atomic E-state index is -4.73. The fraction of sp³-hybridized carbons (Fsp3) is 0.400. The molecule has 1 aliphatic carbocycles. The second kappa shape index (κ2) is 4.40. The maximum absolute atomic E-state index is 11.0. The van der Waals surface area contributed by atoms with E-state index in [0.29, 0.717) is 6.42 Å². The first-order valence-corrected chi connectivity index (χ1v) is 6.03. The molecule has 82 valence electrons. The van der Waals surface area contributed by atoms with Crippen molar-refractivity contribution in [3.63, 3.8) is 0 Å². The van der Waals surface area contributed by atoms with Gasteiger partial charge in [0, 0.05) is 5.56 Å². The number of rotatable bonds is 1. The van der Waals surface area contributed by atoms with Crippen LogP contribution in [0.3, 0.4) is 0 Å². The van der Waals surface area contributed by atoms with Gasteiger partial charge in [-0.3, -0.25) is 0 Å². The summed E-state index contributed by atoms with van der Waals surface area (Å²) in [7, 11) is -4.73. The van der Waals surface area contributed by atoms with Crippen molar-refractivity contribution in [3.8, 4) is 0 Å². The molecule has 0 fully saturated rings. The molecule has 1 atom stereocenters. The molecule has 1 unspecified atom stereocenters. The molecule has 6 heteroatoms. The molecule has 2 rings (SSSR count). The van der Waals surface area contributed by atoms with Gasteiger partial charge in [0.1, 0.15) is 10.1 Å². The summed E-state index contributed by atoms with van der Waals surface area (Å²) in [5.41, 5.74) is 1.82. The summed E-state index contributed by atoms with van der Waals surface area (Å²) in [4.78, 5) is -2.23. The molecule has 0 radical (unpaired) electrons. The predicted octanol–water partition coefficient (Wildman–Crippen LogP) is -2.36. The van der Waals surface area contributed by atoms with Gasteiger partial charge in [-0.05, 0) is 25.3 Å². The Labute approximate surface area is 117 Å². The van der Waals surface area contributed by atoms with Crippen LogP contribution in [-0.4, -0.2) is 18.1 Å². The predicted molar refractivity (Wildman–Crippen MR) is 53.1 cm³/mol. The number of aliphatic hydroxyl groups is 1. The van der Waals surface area contributed by atoms with E-state index in [9.17, 15) is 18.1 Å². The Morgan fingerprint density at radius 3 is 2.62 bits per heavy atom. The molecule has 0 aliphatic heterocycles. The maximum atomic E-state index is 11.0. The topological polar surface area (TPSA) is 77.4 Å². The van der Waals surface area contributed by atoms with Gasteiger partial charge in [-0.15, -0.1) is 0 Å². The standard InChI is InChI=1S/C10H12O4S.Na/c1-7-2-3-8-4-5-10(11,9(8)6-7)15(12,13)14;/h2-3,6,11H,4-5H2,1H3,(H,12,13,14);/q;+1/p-1. The second-order valence-electron chi connectivity index (χ2n) is 3.90. The molecule has 1 aliphatic rings. The largest absolute Gasteiger partial charge is 1.00 e. The summed E-state index contributed by atoms with van der Waals surface area (Å²) in [6.07, 6.45) is 0.380. The van der Waals surface area contributed by atoms with Crippen molar-refractivity contribution in [1.29, 1.82) is 0 Å². The van der Waals surface area contributed by atoms with Crippen LogP contribution in [0.25, 0.3) is 0 Å². The first-order chi connectivity index (χ1) is 6.84. The Morgan fingerprint density at radius 2 is 2.06 bits per heavy atom. The number of hydrogen-bond donors (Lipinski definition) is 1. The average molecular weight is 250 g/mol. The third-order valence-corrected chi connectivity index (χ3v) is 4.08. The van der Waals surface area contributed by atoms with Gasteiger partial charge in [-0.2, -0.15) is 0 Å². The molecular weight excluding hydrogens is 239 g/mol. The molecule has 0 saturated heterocycles. The minimum absolute atomic E-state index is 0. The van der Waals surface area contributed by atoms with Crippen molar-refractivity contribution >= 4 is 10.1 Å². The Bertz CT molecular complexity index is 512. The van der Waals surface area contributed by atoms with E-state index >= 15 is 0 Å². The summed E-state index contributed by atoms with van der Waals surface area (Å²) in [6.45, 7) is 1.79. The third-order valence-electron chi connectivity index (χ3n) is 2.83. The van der Waals surface area contributed by atoms with Gasteiger partial charge < -0.3 is 9.66 Å². The van der Waals surface area contributed by atoms with Crippen LogP contribution < -0.4 is 29.6 Å². The van der Waals surface area contributed by atoms with Crippen LogP contribution in [0, 0.1) is 6.92 Å². The Balaban J connectivity index is 0.00000128. The van der Waals surface area contributed by atoms with E-state index in [2.05, 4.69) is 0 Å². The molecule has 1 aromatic carbocycles. The van der Waals surface area contributed by atoms with E-state index in [1.807, 2.05) is 6.07 Å². The molecule has 0 bridgehead atoms. The van der Waals surface area contributed by atoms with Gasteiger partial charge in [-0.1, -0.05) is 23.8 Å². The number of benzene rings is 1. The zero-order valence-electron chi connectivity index (χ0n) is 9.23. The van der Waals surface area contributed by atoms with Gasteiger partial charge in [0.15, 0.2) is 4.93 Å². The summed E-state index contributed by atoms with van der Waals surface area (Å²) in [5.74, 6) is 0. The minimum Gasteiger partial charge on any atom is -0.745 e. The summed E-state index contributed by atoms with van der Waals surface area (Å²) in [6, 6.07) is 5.16. The van der Waals surface area contributed by atoms with Crippen LogP contribution in [0.1, 0.15) is 23.1 Å². The van der Waals surface area contributed by atoms with Crippen LogP contribution in [0.2, 0.25) is 0 Å². The smallest absolute Gasteiger partial charge is 0.745 e. The van der Waals surface area contributed by atoms with Crippen LogP contribution in [0.5, 0.6) is 0 Å². The van der Waals surface area contributed by atoms with Crippen LogP contribution in [-0.2, 0) is 21.5 Å². The van der Waals surface area contributed by atoms with E-state index in [-0.39, 0.29) is 41.5 Å². The quantitative estimate of drug-likeness (QED) is 0.446. The zero-order valence-corrected chi connectivity index (χ0v) is 12.0. The van der Waals surface area contributed by atoms with Gasteiger partial charge in [0.2, 0.25) is 0 Å². The molecule has 1 aromatic rings. The van der Waals surface area contributed by atoms with Crippen LogP contribution >= 0.6 is 0 Å². The first kappa shape index (κ1) is 14.2. The normalized spacial score (nSPS) is 23.7. The average Bonchev–Trinajstić information content (AvgIpc) is 2.44. The SMILES string of the molecule is Cc1ccc2c(c1)C(O)(S(=O)(=O)[O-])CC2.[Na+]. The van der Waals surface area contributed by atoms with Crippen molar-refractivity contribution in [1.82, 2.24) is 0 Å². The fourth-order valence-corrected chi connectivity index (χ4v) is 2.78. The third kappa shape index (κ3) is 2.08. The van der Waals surface area contributed by atoms with Crippen molar-refractivity contribution in [2.75, 3.05) is 0 Å². The molecule has 0 saturated carbocycles. The number of hydrogen-bond acceptors (Lipinski definition) is 4. The maximum Gasteiger partial charge on any atom is 1.00 e. The molecule has 0 heterocycles. The number of fused-ring (bicyclic) bond motifs is 1. The molecule has 1 N–H and O–H groups in total. The zero-order chi connectivity index (χ0) is 11.3. The van der Waals surface area contributed by atoms with E-state index in [1.165, 1.54) is 0 Å². The molecule has 16 heavy (non-hydrogen) atoms. The van der Waals surface area contributed by atoms with E-state index in [1.54, 1.807) is 19.1 Å². The van der Waals surface area contributed by atoms with Gasteiger partial charge in [0.25, 0.3) is 0 Å². The Kier molecular flexibility index (Phi) is 3.89. The van der Waals surface area contributed by atoms with Crippen molar-refractivity contribution < 1.29 is 47.6 Å².